The molecule has 1 aliphatic heterocycles. The van der Waals surface area contributed by atoms with Crippen molar-refractivity contribution < 1.29 is 0 Å². The molecule has 0 N–H and O–H groups in total. The number of rotatable bonds is 7. The lowest BCUT2D eigenvalue weighted by Gasteiger charge is -2.36. The number of likely N-dealkylation sites (N-methyl/N-ethyl adjacent to an activating group) is 2. The Hall–Kier alpha value is -0.120. The average molecular weight is 227 g/mol. The Kier molecular flexibility index (Phi) is 6.32. The van der Waals surface area contributed by atoms with Gasteiger partial charge in [-0.25, -0.2) is 0 Å². The van der Waals surface area contributed by atoms with Crippen molar-refractivity contribution in [1.82, 2.24) is 14.7 Å². The van der Waals surface area contributed by atoms with Gasteiger partial charge in [-0.3, -0.25) is 14.7 Å². The zero-order valence-corrected chi connectivity index (χ0v) is 11.6. The molecule has 96 valence electrons. The van der Waals surface area contributed by atoms with Crippen molar-refractivity contribution in [2.24, 2.45) is 0 Å². The molecule has 0 aromatic carbocycles. The molecule has 0 aromatic heterocycles. The van der Waals surface area contributed by atoms with Crippen LogP contribution >= 0.6 is 0 Å². The van der Waals surface area contributed by atoms with Crippen molar-refractivity contribution in [2.75, 3.05) is 40.3 Å². The van der Waals surface area contributed by atoms with Gasteiger partial charge >= 0.3 is 0 Å². The van der Waals surface area contributed by atoms with E-state index in [1.165, 1.54) is 51.9 Å². The molecule has 0 spiro atoms. The Morgan fingerprint density at radius 1 is 0.938 bits per heavy atom. The Bertz CT molecular complexity index is 166. The molecule has 0 amide bonds. The van der Waals surface area contributed by atoms with E-state index in [0.717, 1.165) is 0 Å². The quantitative estimate of drug-likeness (QED) is 0.659. The van der Waals surface area contributed by atoms with Crippen LogP contribution in [-0.2, 0) is 0 Å². The second-order valence-corrected chi connectivity index (χ2v) is 5.05. The maximum absolute atomic E-state index is 2.65. The smallest absolute Gasteiger partial charge is 0.119 e. The molecule has 0 aromatic rings. The average Bonchev–Trinajstić information content (AvgIpc) is 2.60. The topological polar surface area (TPSA) is 9.72 Å². The molecular formula is C13H29N3. The van der Waals surface area contributed by atoms with Crippen LogP contribution in [0.5, 0.6) is 0 Å². The van der Waals surface area contributed by atoms with Gasteiger partial charge in [-0.05, 0) is 26.9 Å². The third kappa shape index (κ3) is 3.72. The summed E-state index contributed by atoms with van der Waals surface area (Å²) in [6.07, 6.45) is 5.77. The van der Waals surface area contributed by atoms with Gasteiger partial charge < -0.3 is 0 Å². The maximum Gasteiger partial charge on any atom is 0.119 e. The second kappa shape index (κ2) is 7.25. The minimum atomic E-state index is 0.540. The van der Waals surface area contributed by atoms with Crippen molar-refractivity contribution in [1.29, 1.82) is 0 Å². The van der Waals surface area contributed by atoms with Gasteiger partial charge in [-0.2, -0.15) is 0 Å². The highest BCUT2D eigenvalue weighted by molar-refractivity contribution is 4.78. The van der Waals surface area contributed by atoms with Gasteiger partial charge in [-0.15, -0.1) is 0 Å². The fraction of sp³-hybridized carbons (Fsp3) is 1.00. The Balaban J connectivity index is 2.51. The summed E-state index contributed by atoms with van der Waals surface area (Å²) >= 11 is 0. The first-order chi connectivity index (χ1) is 7.70. The van der Waals surface area contributed by atoms with E-state index in [1.807, 2.05) is 0 Å². The van der Waals surface area contributed by atoms with E-state index in [9.17, 15) is 0 Å². The maximum atomic E-state index is 2.65. The normalized spacial score (nSPS) is 20.1. The summed E-state index contributed by atoms with van der Waals surface area (Å²) in [6, 6.07) is 0. The Labute approximate surface area is 101 Å². The molecule has 1 heterocycles. The van der Waals surface area contributed by atoms with E-state index in [4.69, 9.17) is 0 Å². The predicted molar refractivity (Wildman–Crippen MR) is 70.4 cm³/mol. The van der Waals surface area contributed by atoms with Crippen molar-refractivity contribution in [2.45, 2.75) is 45.8 Å². The third-order valence-electron chi connectivity index (χ3n) is 3.52. The van der Waals surface area contributed by atoms with E-state index < -0.39 is 0 Å². The van der Waals surface area contributed by atoms with E-state index in [0.29, 0.717) is 6.29 Å². The highest BCUT2D eigenvalue weighted by Crippen LogP contribution is 2.16. The molecule has 3 nitrogen and oxygen atoms in total. The van der Waals surface area contributed by atoms with Crippen LogP contribution in [0.2, 0.25) is 0 Å². The van der Waals surface area contributed by atoms with Crippen molar-refractivity contribution in [3.8, 4) is 0 Å². The minimum Gasteiger partial charge on any atom is -0.277 e. The first-order valence-corrected chi connectivity index (χ1v) is 6.85. The molecule has 1 fully saturated rings. The number of unbranched alkanes of at least 4 members (excludes halogenated alkanes) is 2. The summed E-state index contributed by atoms with van der Waals surface area (Å²) in [5.41, 5.74) is 0. The van der Waals surface area contributed by atoms with Crippen LogP contribution in [-0.4, -0.2) is 61.3 Å². The van der Waals surface area contributed by atoms with Gasteiger partial charge in [0, 0.05) is 26.2 Å². The van der Waals surface area contributed by atoms with Crippen molar-refractivity contribution in [3.05, 3.63) is 0 Å². The fourth-order valence-corrected chi connectivity index (χ4v) is 2.51. The molecule has 0 unspecified atom stereocenters. The number of hydrogen-bond acceptors (Lipinski definition) is 3. The van der Waals surface area contributed by atoms with E-state index >= 15 is 0 Å². The van der Waals surface area contributed by atoms with E-state index in [1.54, 1.807) is 0 Å². The van der Waals surface area contributed by atoms with Crippen LogP contribution in [0, 0.1) is 0 Å². The van der Waals surface area contributed by atoms with E-state index in [-0.39, 0.29) is 0 Å². The number of hydrogen-bond donors (Lipinski definition) is 0. The van der Waals surface area contributed by atoms with Crippen LogP contribution in [0.3, 0.4) is 0 Å². The van der Waals surface area contributed by atoms with Gasteiger partial charge in [0.1, 0.15) is 6.29 Å². The third-order valence-corrected chi connectivity index (χ3v) is 3.52. The molecule has 16 heavy (non-hydrogen) atoms. The molecule has 1 rings (SSSR count). The zero-order valence-electron chi connectivity index (χ0n) is 11.6. The SMILES string of the molecule is CCCCN(CCCC)C1N(C)CCN1C. The van der Waals surface area contributed by atoms with Gasteiger partial charge in [0.15, 0.2) is 0 Å². The minimum absolute atomic E-state index is 0.540. The van der Waals surface area contributed by atoms with Crippen LogP contribution in [0.15, 0.2) is 0 Å². The predicted octanol–water partition coefficient (Wildman–Crippen LogP) is 2.05. The summed E-state index contributed by atoms with van der Waals surface area (Å²) in [5, 5.41) is 0. The first-order valence-electron chi connectivity index (χ1n) is 6.85. The summed E-state index contributed by atoms with van der Waals surface area (Å²) in [6.45, 7) is 9.46. The van der Waals surface area contributed by atoms with Gasteiger partial charge in [0.2, 0.25) is 0 Å². The van der Waals surface area contributed by atoms with Crippen molar-refractivity contribution >= 4 is 0 Å². The van der Waals surface area contributed by atoms with Gasteiger partial charge in [0.25, 0.3) is 0 Å². The van der Waals surface area contributed by atoms with Crippen LogP contribution in [0.25, 0.3) is 0 Å². The summed E-state index contributed by atoms with van der Waals surface area (Å²) in [5.74, 6) is 0. The highest BCUT2D eigenvalue weighted by Gasteiger charge is 2.30. The summed E-state index contributed by atoms with van der Waals surface area (Å²) in [7, 11) is 4.50. The molecule has 1 aliphatic rings. The van der Waals surface area contributed by atoms with Crippen LogP contribution in [0.1, 0.15) is 39.5 Å². The molecule has 0 bridgehead atoms. The van der Waals surface area contributed by atoms with Crippen LogP contribution in [0.4, 0.5) is 0 Å². The summed E-state index contributed by atoms with van der Waals surface area (Å²) < 4.78 is 0. The Morgan fingerprint density at radius 2 is 1.38 bits per heavy atom. The standard InChI is InChI=1S/C13H29N3/c1-5-7-9-16(10-8-6-2)13-14(3)11-12-15(13)4/h13H,5-12H2,1-4H3. The Morgan fingerprint density at radius 3 is 1.75 bits per heavy atom. The van der Waals surface area contributed by atoms with Gasteiger partial charge in [-0.1, -0.05) is 26.7 Å². The first kappa shape index (κ1) is 13.9. The molecule has 0 saturated carbocycles. The summed E-state index contributed by atoms with van der Waals surface area (Å²) in [4.78, 5) is 7.61. The van der Waals surface area contributed by atoms with E-state index in [2.05, 4.69) is 42.6 Å². The molecule has 1 saturated heterocycles. The molecule has 3 heteroatoms. The number of nitrogens with zero attached hydrogens (tertiary/aromatic N) is 3. The lowest BCUT2D eigenvalue weighted by atomic mass is 10.2. The lowest BCUT2D eigenvalue weighted by molar-refractivity contribution is 0.00787. The van der Waals surface area contributed by atoms with Crippen molar-refractivity contribution in [3.63, 3.8) is 0 Å². The molecule has 0 aliphatic carbocycles. The molecule has 0 radical (unpaired) electrons. The zero-order chi connectivity index (χ0) is 12.0. The second-order valence-electron chi connectivity index (χ2n) is 5.05. The monoisotopic (exact) mass is 227 g/mol. The van der Waals surface area contributed by atoms with Gasteiger partial charge in [0.05, 0.1) is 0 Å². The highest BCUT2D eigenvalue weighted by atomic mass is 15.5. The lowest BCUT2D eigenvalue weighted by Crippen LogP contribution is -2.50. The fourth-order valence-electron chi connectivity index (χ4n) is 2.51. The van der Waals surface area contributed by atoms with Crippen LogP contribution < -0.4 is 0 Å². The molecule has 0 atom stereocenters. The largest absolute Gasteiger partial charge is 0.277 e. The molecular weight excluding hydrogens is 198 g/mol.